The minimum absolute atomic E-state index is 0.592. The van der Waals surface area contributed by atoms with Crippen molar-refractivity contribution in [2.75, 3.05) is 26.3 Å². The van der Waals surface area contributed by atoms with Gasteiger partial charge in [0.1, 0.15) is 0 Å². The molecule has 0 radical (unpaired) electrons. The fraction of sp³-hybridized carbons (Fsp3) is 0.455. The molecule has 1 saturated heterocycles. The van der Waals surface area contributed by atoms with Gasteiger partial charge in [0, 0.05) is 19.6 Å². The molecule has 1 heterocycles. The first-order valence-electron chi connectivity index (χ1n) is 5.51. The first-order chi connectivity index (χ1) is 7.77. The third-order valence-corrected chi connectivity index (χ3v) is 2.83. The summed E-state index contributed by atoms with van der Waals surface area (Å²) in [6.45, 7) is 4.05. The Morgan fingerprint density at radius 3 is 2.56 bits per heavy atom. The average Bonchev–Trinajstić information content (AvgIpc) is 2.31. The topological polar surface area (TPSA) is 52.9 Å². The molecule has 1 fully saturated rings. The number of hydrogen-bond donors (Lipinski definition) is 2. The largest absolute Gasteiger partial charge is 0.488 e. The van der Waals surface area contributed by atoms with Crippen LogP contribution < -0.4 is 5.46 Å². The van der Waals surface area contributed by atoms with E-state index >= 15 is 0 Å². The van der Waals surface area contributed by atoms with Crippen molar-refractivity contribution in [1.29, 1.82) is 0 Å². The van der Waals surface area contributed by atoms with Gasteiger partial charge in [-0.15, -0.1) is 0 Å². The molecular weight excluding hydrogens is 205 g/mol. The Kier molecular flexibility index (Phi) is 3.95. The highest BCUT2D eigenvalue weighted by Crippen LogP contribution is 2.05. The van der Waals surface area contributed by atoms with Gasteiger partial charge in [0.25, 0.3) is 0 Å². The van der Waals surface area contributed by atoms with Crippen LogP contribution in [-0.2, 0) is 11.3 Å². The predicted octanol–water partition coefficient (Wildman–Crippen LogP) is -0.801. The Bertz CT molecular complexity index is 340. The highest BCUT2D eigenvalue weighted by molar-refractivity contribution is 6.59. The summed E-state index contributed by atoms with van der Waals surface area (Å²) in [6.07, 6.45) is 0. The molecule has 4 nitrogen and oxygen atoms in total. The van der Waals surface area contributed by atoms with Crippen LogP contribution in [0.3, 0.4) is 0 Å². The number of hydrogen-bond acceptors (Lipinski definition) is 4. The van der Waals surface area contributed by atoms with Crippen molar-refractivity contribution in [2.24, 2.45) is 0 Å². The molecule has 0 aliphatic carbocycles. The van der Waals surface area contributed by atoms with Gasteiger partial charge in [0.2, 0.25) is 0 Å². The fourth-order valence-corrected chi connectivity index (χ4v) is 1.93. The summed E-state index contributed by atoms with van der Waals surface area (Å²) in [5.41, 5.74) is 1.56. The molecule has 2 N–H and O–H groups in total. The predicted molar refractivity (Wildman–Crippen MR) is 62.4 cm³/mol. The van der Waals surface area contributed by atoms with Gasteiger partial charge in [-0.3, -0.25) is 4.90 Å². The van der Waals surface area contributed by atoms with Crippen LogP contribution in [0.25, 0.3) is 0 Å². The van der Waals surface area contributed by atoms with Gasteiger partial charge in [0.15, 0.2) is 0 Å². The van der Waals surface area contributed by atoms with Crippen molar-refractivity contribution in [3.63, 3.8) is 0 Å². The Labute approximate surface area is 95.6 Å². The Hall–Kier alpha value is -0.875. The van der Waals surface area contributed by atoms with Crippen molar-refractivity contribution >= 4 is 12.6 Å². The molecule has 1 aromatic carbocycles. The normalized spacial score (nSPS) is 17.4. The molecule has 86 valence electrons. The molecule has 0 amide bonds. The molecule has 0 saturated carbocycles. The average molecular weight is 221 g/mol. The molecule has 0 spiro atoms. The molecule has 0 bridgehead atoms. The van der Waals surface area contributed by atoms with E-state index in [1.54, 1.807) is 6.07 Å². The maximum Gasteiger partial charge on any atom is 0.488 e. The lowest BCUT2D eigenvalue weighted by Crippen LogP contribution is -2.39. The smallest absolute Gasteiger partial charge is 0.423 e. The first kappa shape index (κ1) is 11.6. The van der Waals surface area contributed by atoms with E-state index < -0.39 is 7.12 Å². The van der Waals surface area contributed by atoms with Crippen LogP contribution in [0.1, 0.15) is 5.56 Å². The van der Waals surface area contributed by atoms with Crippen LogP contribution in [0.15, 0.2) is 24.3 Å². The number of rotatable bonds is 3. The number of nitrogens with zero attached hydrogens (tertiary/aromatic N) is 1. The van der Waals surface area contributed by atoms with E-state index in [9.17, 15) is 10.0 Å². The SMILES string of the molecule is OB(O)c1ccccc1CN1CCOCC1. The number of ether oxygens (including phenoxy) is 1. The van der Waals surface area contributed by atoms with Crippen molar-refractivity contribution in [2.45, 2.75) is 6.54 Å². The van der Waals surface area contributed by atoms with Crippen molar-refractivity contribution in [3.05, 3.63) is 29.8 Å². The second-order valence-corrected chi connectivity index (χ2v) is 3.96. The van der Waals surface area contributed by atoms with Gasteiger partial charge < -0.3 is 14.8 Å². The Balaban J connectivity index is 2.07. The summed E-state index contributed by atoms with van der Waals surface area (Å²) in [5.74, 6) is 0. The van der Waals surface area contributed by atoms with Gasteiger partial charge in [-0.2, -0.15) is 0 Å². The zero-order valence-electron chi connectivity index (χ0n) is 9.17. The van der Waals surface area contributed by atoms with Crippen LogP contribution in [0.4, 0.5) is 0 Å². The zero-order valence-corrected chi connectivity index (χ0v) is 9.17. The van der Waals surface area contributed by atoms with E-state index in [0.717, 1.165) is 38.4 Å². The molecule has 0 aromatic heterocycles. The van der Waals surface area contributed by atoms with Crippen LogP contribution in [0.5, 0.6) is 0 Å². The van der Waals surface area contributed by atoms with E-state index in [1.807, 2.05) is 18.2 Å². The van der Waals surface area contributed by atoms with Crippen molar-refractivity contribution < 1.29 is 14.8 Å². The minimum atomic E-state index is -1.39. The Morgan fingerprint density at radius 1 is 1.19 bits per heavy atom. The lowest BCUT2D eigenvalue weighted by atomic mass is 9.77. The Morgan fingerprint density at radius 2 is 1.88 bits per heavy atom. The molecule has 0 unspecified atom stereocenters. The maximum absolute atomic E-state index is 9.25. The molecular formula is C11H16BNO3. The third-order valence-electron chi connectivity index (χ3n) is 2.83. The van der Waals surface area contributed by atoms with E-state index in [1.165, 1.54) is 0 Å². The molecule has 1 aromatic rings. The van der Waals surface area contributed by atoms with Crippen molar-refractivity contribution in [1.82, 2.24) is 4.90 Å². The van der Waals surface area contributed by atoms with E-state index in [2.05, 4.69) is 4.90 Å². The molecule has 2 rings (SSSR count). The summed E-state index contributed by atoms with van der Waals surface area (Å²) in [6, 6.07) is 7.42. The molecule has 16 heavy (non-hydrogen) atoms. The van der Waals surface area contributed by atoms with Gasteiger partial charge in [-0.25, -0.2) is 0 Å². The second-order valence-electron chi connectivity index (χ2n) is 3.96. The molecule has 5 heteroatoms. The standard InChI is InChI=1S/C11H16BNO3/c14-12(15)11-4-2-1-3-10(11)9-13-5-7-16-8-6-13/h1-4,14-15H,5-9H2. The monoisotopic (exact) mass is 221 g/mol. The fourth-order valence-electron chi connectivity index (χ4n) is 1.93. The maximum atomic E-state index is 9.25. The highest BCUT2D eigenvalue weighted by atomic mass is 16.5. The quantitative estimate of drug-likeness (QED) is 0.656. The van der Waals surface area contributed by atoms with E-state index in [-0.39, 0.29) is 0 Å². The lowest BCUT2D eigenvalue weighted by Gasteiger charge is -2.27. The minimum Gasteiger partial charge on any atom is -0.423 e. The molecule has 1 aliphatic heterocycles. The lowest BCUT2D eigenvalue weighted by molar-refractivity contribution is 0.0343. The van der Waals surface area contributed by atoms with Gasteiger partial charge >= 0.3 is 7.12 Å². The second kappa shape index (κ2) is 5.45. The number of morpholine rings is 1. The van der Waals surface area contributed by atoms with Crippen molar-refractivity contribution in [3.8, 4) is 0 Å². The van der Waals surface area contributed by atoms with Crippen LogP contribution >= 0.6 is 0 Å². The van der Waals surface area contributed by atoms with Gasteiger partial charge in [0.05, 0.1) is 13.2 Å². The number of benzene rings is 1. The van der Waals surface area contributed by atoms with E-state index in [4.69, 9.17) is 4.74 Å². The molecule has 0 atom stereocenters. The summed E-state index contributed by atoms with van der Waals surface area (Å²) in [7, 11) is -1.39. The highest BCUT2D eigenvalue weighted by Gasteiger charge is 2.18. The summed E-state index contributed by atoms with van der Waals surface area (Å²) < 4.78 is 5.27. The molecule has 1 aliphatic rings. The van der Waals surface area contributed by atoms with Crippen LogP contribution in [0.2, 0.25) is 0 Å². The van der Waals surface area contributed by atoms with Gasteiger partial charge in [-0.1, -0.05) is 24.3 Å². The van der Waals surface area contributed by atoms with Gasteiger partial charge in [-0.05, 0) is 11.0 Å². The van der Waals surface area contributed by atoms with Crippen LogP contribution in [0, 0.1) is 0 Å². The summed E-state index contributed by atoms with van der Waals surface area (Å²) >= 11 is 0. The summed E-state index contributed by atoms with van der Waals surface area (Å²) in [5, 5.41) is 18.5. The zero-order chi connectivity index (χ0) is 11.4. The summed E-state index contributed by atoms with van der Waals surface area (Å²) in [4.78, 5) is 2.25. The third kappa shape index (κ3) is 2.83. The van der Waals surface area contributed by atoms with E-state index in [0.29, 0.717) is 5.46 Å². The first-order valence-corrected chi connectivity index (χ1v) is 5.51. The van der Waals surface area contributed by atoms with Crippen LogP contribution in [-0.4, -0.2) is 48.4 Å².